The highest BCUT2D eigenvalue weighted by molar-refractivity contribution is 5.73. The Morgan fingerprint density at radius 3 is 2.83 bits per heavy atom. The summed E-state index contributed by atoms with van der Waals surface area (Å²) >= 11 is 0. The van der Waals surface area contributed by atoms with E-state index in [9.17, 15) is 14.7 Å². The molecule has 1 aromatic heterocycles. The van der Waals surface area contributed by atoms with Crippen LogP contribution in [0.2, 0.25) is 0 Å². The summed E-state index contributed by atoms with van der Waals surface area (Å²) in [4.78, 5) is 26.7. The minimum Gasteiger partial charge on any atom is -0.504 e. The number of ether oxygens (including phenoxy) is 1. The van der Waals surface area contributed by atoms with Crippen molar-refractivity contribution in [2.75, 3.05) is 26.2 Å². The van der Waals surface area contributed by atoms with Gasteiger partial charge in [-0.2, -0.15) is 0 Å². The molecule has 0 radical (unpaired) electrons. The zero-order valence-corrected chi connectivity index (χ0v) is 16.5. The number of carbonyl (C=O) groups excluding carboxylic acids is 1. The third-order valence-corrected chi connectivity index (χ3v) is 6.32. The maximum Gasteiger partial charge on any atom is 0.251 e. The van der Waals surface area contributed by atoms with Gasteiger partial charge in [-0.05, 0) is 41.7 Å². The molecule has 3 aliphatic heterocycles. The van der Waals surface area contributed by atoms with Crippen LogP contribution in [0.3, 0.4) is 0 Å². The van der Waals surface area contributed by atoms with Gasteiger partial charge in [0.15, 0.2) is 11.5 Å². The van der Waals surface area contributed by atoms with Gasteiger partial charge < -0.3 is 24.6 Å². The first-order chi connectivity index (χ1) is 14.0. The zero-order chi connectivity index (χ0) is 20.1. The summed E-state index contributed by atoms with van der Waals surface area (Å²) in [6, 6.07) is 7.36. The molecule has 0 unspecified atom stereocenters. The van der Waals surface area contributed by atoms with Gasteiger partial charge in [-0.1, -0.05) is 0 Å². The molecule has 0 aliphatic carbocycles. The normalized spacial score (nSPS) is 22.9. The second-order valence-corrected chi connectivity index (χ2v) is 8.35. The molecule has 1 aromatic carbocycles. The number of phenolic OH excluding ortho intramolecular Hbond substituents is 1. The molecular formula is C22H25N3O4. The molecule has 1 amide bonds. The van der Waals surface area contributed by atoms with Crippen molar-refractivity contribution in [1.82, 2.24) is 14.8 Å². The molecule has 5 rings (SSSR count). The number of carbonyl (C=O) groups is 1. The Hall–Kier alpha value is -2.80. The van der Waals surface area contributed by atoms with Crippen LogP contribution in [0.4, 0.5) is 0 Å². The Bertz CT molecular complexity index is 1050. The van der Waals surface area contributed by atoms with Crippen molar-refractivity contribution in [3.63, 3.8) is 0 Å². The van der Waals surface area contributed by atoms with E-state index in [1.807, 2.05) is 15.5 Å². The third kappa shape index (κ3) is 3.19. The average Bonchev–Trinajstić information content (AvgIpc) is 2.94. The van der Waals surface area contributed by atoms with Gasteiger partial charge in [0.1, 0.15) is 6.61 Å². The summed E-state index contributed by atoms with van der Waals surface area (Å²) in [5.41, 5.74) is 3.44. The molecule has 152 valence electrons. The largest absolute Gasteiger partial charge is 0.504 e. The predicted molar refractivity (Wildman–Crippen MR) is 108 cm³/mol. The number of hydrogen-bond acceptors (Lipinski definition) is 5. The molecule has 1 saturated heterocycles. The molecule has 0 spiro atoms. The van der Waals surface area contributed by atoms with E-state index in [0.29, 0.717) is 37.9 Å². The van der Waals surface area contributed by atoms with E-state index in [1.54, 1.807) is 19.1 Å². The minimum atomic E-state index is -0.0210. The van der Waals surface area contributed by atoms with E-state index in [4.69, 9.17) is 4.74 Å². The van der Waals surface area contributed by atoms with Gasteiger partial charge in [-0.3, -0.25) is 9.59 Å². The average molecular weight is 395 g/mol. The summed E-state index contributed by atoms with van der Waals surface area (Å²) in [5.74, 6) is 1.20. The quantitative estimate of drug-likeness (QED) is 0.768. The summed E-state index contributed by atoms with van der Waals surface area (Å²) in [6.07, 6.45) is 1.000. The van der Waals surface area contributed by atoms with Crippen LogP contribution in [-0.4, -0.2) is 46.7 Å². The number of phenols is 1. The Morgan fingerprint density at radius 1 is 1.17 bits per heavy atom. The Labute approximate surface area is 168 Å². The fourth-order valence-electron chi connectivity index (χ4n) is 4.97. The van der Waals surface area contributed by atoms with Crippen molar-refractivity contribution in [3.8, 4) is 22.6 Å². The van der Waals surface area contributed by atoms with Crippen LogP contribution in [-0.2, 0) is 17.9 Å². The topological polar surface area (TPSA) is 83.8 Å². The van der Waals surface area contributed by atoms with Crippen molar-refractivity contribution in [2.24, 2.45) is 5.92 Å². The lowest BCUT2D eigenvalue weighted by molar-refractivity contribution is -0.131. The molecule has 29 heavy (non-hydrogen) atoms. The van der Waals surface area contributed by atoms with Crippen molar-refractivity contribution in [2.45, 2.75) is 32.4 Å². The van der Waals surface area contributed by atoms with Crippen LogP contribution in [0.15, 0.2) is 29.1 Å². The van der Waals surface area contributed by atoms with Gasteiger partial charge in [-0.15, -0.1) is 0 Å². The fourth-order valence-corrected chi connectivity index (χ4v) is 4.97. The summed E-state index contributed by atoms with van der Waals surface area (Å²) in [5, 5.41) is 13.8. The zero-order valence-electron chi connectivity index (χ0n) is 16.5. The highest BCUT2D eigenvalue weighted by Crippen LogP contribution is 2.39. The highest BCUT2D eigenvalue weighted by atomic mass is 16.5. The molecule has 7 heteroatoms. The lowest BCUT2D eigenvalue weighted by Crippen LogP contribution is -2.48. The van der Waals surface area contributed by atoms with Gasteiger partial charge in [0.05, 0.1) is 0 Å². The molecule has 2 N–H and O–H groups in total. The second-order valence-electron chi connectivity index (χ2n) is 8.35. The second kappa shape index (κ2) is 6.91. The molecule has 0 saturated carbocycles. The molecule has 1 fully saturated rings. The smallest absolute Gasteiger partial charge is 0.251 e. The van der Waals surface area contributed by atoms with Crippen LogP contribution in [0.1, 0.15) is 30.5 Å². The van der Waals surface area contributed by atoms with Crippen molar-refractivity contribution in [1.29, 1.82) is 0 Å². The van der Waals surface area contributed by atoms with Crippen molar-refractivity contribution in [3.05, 3.63) is 45.9 Å². The first-order valence-electron chi connectivity index (χ1n) is 10.2. The number of hydrogen-bond donors (Lipinski definition) is 2. The van der Waals surface area contributed by atoms with E-state index >= 15 is 0 Å². The number of benzene rings is 1. The molecule has 2 atom stereocenters. The van der Waals surface area contributed by atoms with Crippen LogP contribution in [0.25, 0.3) is 11.1 Å². The van der Waals surface area contributed by atoms with Crippen LogP contribution < -0.4 is 15.6 Å². The lowest BCUT2D eigenvalue weighted by Gasteiger charge is -2.42. The first-order valence-corrected chi connectivity index (χ1v) is 10.2. The number of likely N-dealkylation sites (tertiary alicyclic amines) is 1. The molecule has 2 bridgehead atoms. The van der Waals surface area contributed by atoms with E-state index < -0.39 is 0 Å². The van der Waals surface area contributed by atoms with Gasteiger partial charge in [-0.25, -0.2) is 0 Å². The number of amides is 1. The Kier molecular flexibility index (Phi) is 4.35. The standard InChI is InChI=1S/C22H25N3O4/c1-13(26)24-10-14-4-18(12-24)19-6-16(8-21(28)25(19)11-14)15-5-17-9-23-2-3-29-22(17)20(27)7-15/h5-8,14,18,23,27H,2-4,9-12H2,1H3/t14-,18+/m0/s1. The number of fused-ring (bicyclic) bond motifs is 5. The monoisotopic (exact) mass is 395 g/mol. The van der Waals surface area contributed by atoms with E-state index in [0.717, 1.165) is 41.9 Å². The number of nitrogens with zero attached hydrogens (tertiary/aromatic N) is 2. The maximum atomic E-state index is 12.9. The molecule has 4 heterocycles. The maximum absolute atomic E-state index is 12.9. The summed E-state index contributed by atoms with van der Waals surface area (Å²) in [7, 11) is 0. The molecule has 2 aromatic rings. The lowest BCUT2D eigenvalue weighted by atomic mass is 9.82. The van der Waals surface area contributed by atoms with Crippen molar-refractivity contribution >= 4 is 5.91 Å². The first kappa shape index (κ1) is 18.2. The number of aromatic hydroxyl groups is 1. The van der Waals surface area contributed by atoms with Crippen molar-refractivity contribution < 1.29 is 14.6 Å². The predicted octanol–water partition coefficient (Wildman–Crippen LogP) is 1.67. The third-order valence-electron chi connectivity index (χ3n) is 6.32. The Morgan fingerprint density at radius 2 is 2.00 bits per heavy atom. The van der Waals surface area contributed by atoms with E-state index in [2.05, 4.69) is 11.4 Å². The minimum absolute atomic E-state index is 0.0210. The van der Waals surface area contributed by atoms with Crippen LogP contribution in [0, 0.1) is 5.92 Å². The van der Waals surface area contributed by atoms with Gasteiger partial charge >= 0.3 is 0 Å². The number of aromatic nitrogens is 1. The van der Waals surface area contributed by atoms with Gasteiger partial charge in [0.2, 0.25) is 5.91 Å². The van der Waals surface area contributed by atoms with Crippen LogP contribution >= 0.6 is 0 Å². The van der Waals surface area contributed by atoms with E-state index in [1.165, 1.54) is 0 Å². The molecular weight excluding hydrogens is 370 g/mol. The SMILES string of the molecule is CC(=O)N1C[C@@H]2C[C@H](C1)c1cc(-c3cc(O)c4c(c3)CNCCO4)cc(=O)n1C2. The van der Waals surface area contributed by atoms with E-state index in [-0.39, 0.29) is 23.1 Å². The molecule has 7 nitrogen and oxygen atoms in total. The number of rotatable bonds is 1. The summed E-state index contributed by atoms with van der Waals surface area (Å²) < 4.78 is 7.53. The van der Waals surface area contributed by atoms with Gasteiger partial charge in [0, 0.05) is 62.9 Å². The Balaban J connectivity index is 1.57. The van der Waals surface area contributed by atoms with Gasteiger partial charge in [0.25, 0.3) is 5.56 Å². The van der Waals surface area contributed by atoms with Crippen LogP contribution in [0.5, 0.6) is 11.5 Å². The molecule has 3 aliphatic rings. The fraction of sp³-hybridized carbons (Fsp3) is 0.455. The highest BCUT2D eigenvalue weighted by Gasteiger charge is 2.35. The number of pyridine rings is 1. The number of piperidine rings is 1. The number of nitrogens with one attached hydrogen (secondary N) is 1. The summed E-state index contributed by atoms with van der Waals surface area (Å²) in [6.45, 7) is 5.49.